The van der Waals surface area contributed by atoms with Crippen LogP contribution in [0.25, 0.3) is 11.6 Å². The van der Waals surface area contributed by atoms with E-state index in [9.17, 15) is 4.39 Å². The van der Waals surface area contributed by atoms with Gasteiger partial charge in [-0.1, -0.05) is 85.8 Å². The van der Waals surface area contributed by atoms with Crippen LogP contribution in [0.2, 0.25) is 0 Å². The summed E-state index contributed by atoms with van der Waals surface area (Å²) in [5.74, 6) is 0.451. The van der Waals surface area contributed by atoms with E-state index in [2.05, 4.69) is 80.6 Å². The maximum absolute atomic E-state index is 13.8. The lowest BCUT2D eigenvalue weighted by atomic mass is 9.75. The number of fused-ring (bicyclic) bond motifs is 4. The summed E-state index contributed by atoms with van der Waals surface area (Å²) in [4.78, 5) is 0. The van der Waals surface area contributed by atoms with E-state index in [1.54, 1.807) is 12.1 Å². The van der Waals surface area contributed by atoms with Gasteiger partial charge in [0.05, 0.1) is 0 Å². The maximum atomic E-state index is 13.8. The Hall–Kier alpha value is -3.45. The van der Waals surface area contributed by atoms with Crippen molar-refractivity contribution < 1.29 is 4.39 Å². The maximum Gasteiger partial charge on any atom is 0.123 e. The van der Waals surface area contributed by atoms with Gasteiger partial charge in [-0.2, -0.15) is 0 Å². The van der Waals surface area contributed by atoms with Gasteiger partial charge >= 0.3 is 0 Å². The molecule has 0 amide bonds. The van der Waals surface area contributed by atoms with Crippen LogP contribution in [0.3, 0.4) is 0 Å². The molecule has 162 valence electrons. The minimum absolute atomic E-state index is 0.122. The highest BCUT2D eigenvalue weighted by molar-refractivity contribution is 5.72. The molecule has 0 fully saturated rings. The Morgan fingerprint density at radius 3 is 2.30 bits per heavy atom. The predicted octanol–water partition coefficient (Wildman–Crippen LogP) is 6.13. The van der Waals surface area contributed by atoms with Crippen molar-refractivity contribution in [1.82, 2.24) is 0 Å². The van der Waals surface area contributed by atoms with E-state index in [1.807, 2.05) is 12.1 Å². The first-order chi connectivity index (χ1) is 16.1. The molecule has 4 aromatic carbocycles. The minimum Gasteiger partial charge on any atom is -0.207 e. The normalized spacial score (nSPS) is 18.7. The summed E-state index contributed by atoms with van der Waals surface area (Å²) >= 11 is 0. The molecule has 2 aliphatic carbocycles. The van der Waals surface area contributed by atoms with Gasteiger partial charge in [-0.15, -0.1) is 0 Å². The SMILES string of the molecule is Cc1ccccc1C1=c2ccc3c(c2CCC1C)C(c1ccc(F)cc1)C=c1ccccc1=3. The van der Waals surface area contributed by atoms with Crippen molar-refractivity contribution >= 4 is 11.6 Å². The van der Waals surface area contributed by atoms with Crippen molar-refractivity contribution in [2.24, 2.45) is 5.92 Å². The summed E-state index contributed by atoms with van der Waals surface area (Å²) in [5.41, 5.74) is 8.17. The van der Waals surface area contributed by atoms with E-state index in [0.717, 1.165) is 18.4 Å². The van der Waals surface area contributed by atoms with Crippen LogP contribution in [-0.4, -0.2) is 0 Å². The molecule has 1 heteroatoms. The van der Waals surface area contributed by atoms with Gasteiger partial charge in [0, 0.05) is 5.92 Å². The van der Waals surface area contributed by atoms with Crippen molar-refractivity contribution in [2.45, 2.75) is 32.6 Å². The van der Waals surface area contributed by atoms with Crippen molar-refractivity contribution in [2.75, 3.05) is 0 Å². The quantitative estimate of drug-likeness (QED) is 0.359. The van der Waals surface area contributed by atoms with Gasteiger partial charge in [0.25, 0.3) is 0 Å². The lowest BCUT2D eigenvalue weighted by molar-refractivity contribution is 0.626. The molecule has 0 spiro atoms. The standard InChI is InChI=1S/C32H27F/c1-20-7-3-5-9-25(20)31-21(2)11-16-29-28(31)18-17-27-26-10-6-4-8-23(26)19-30(32(27)29)22-12-14-24(33)15-13-22/h3-10,12-15,17-19,21,30H,11,16H2,1-2H3. The van der Waals surface area contributed by atoms with Gasteiger partial charge < -0.3 is 0 Å². The van der Waals surface area contributed by atoms with Gasteiger partial charge in [0.1, 0.15) is 5.82 Å². The van der Waals surface area contributed by atoms with Crippen LogP contribution in [0.1, 0.15) is 47.1 Å². The van der Waals surface area contributed by atoms with Gasteiger partial charge in [-0.25, -0.2) is 4.39 Å². The second kappa shape index (κ2) is 7.85. The van der Waals surface area contributed by atoms with Crippen molar-refractivity contribution in [3.8, 4) is 0 Å². The Morgan fingerprint density at radius 2 is 1.48 bits per heavy atom. The average Bonchev–Trinajstić information content (AvgIpc) is 2.84. The molecule has 0 heterocycles. The van der Waals surface area contributed by atoms with Gasteiger partial charge in [0.15, 0.2) is 0 Å². The molecule has 2 unspecified atom stereocenters. The van der Waals surface area contributed by atoms with E-state index < -0.39 is 0 Å². The van der Waals surface area contributed by atoms with Crippen LogP contribution in [0.15, 0.2) is 84.9 Å². The number of halogens is 1. The predicted molar refractivity (Wildman–Crippen MR) is 134 cm³/mol. The lowest BCUT2D eigenvalue weighted by Crippen LogP contribution is -2.28. The van der Waals surface area contributed by atoms with Crippen LogP contribution < -0.4 is 10.4 Å². The van der Waals surface area contributed by atoms with Crippen molar-refractivity contribution in [3.05, 3.63) is 139 Å². The Bertz CT molecular complexity index is 1590. The fraction of sp³-hybridized carbons (Fsp3) is 0.188. The first-order valence-corrected chi connectivity index (χ1v) is 11.9. The second-order valence-electron chi connectivity index (χ2n) is 9.50. The van der Waals surface area contributed by atoms with E-state index in [0.29, 0.717) is 5.92 Å². The van der Waals surface area contributed by atoms with E-state index in [-0.39, 0.29) is 11.7 Å². The highest BCUT2D eigenvalue weighted by Crippen LogP contribution is 2.36. The largest absolute Gasteiger partial charge is 0.207 e. The van der Waals surface area contributed by atoms with E-state index in [1.165, 1.54) is 48.7 Å². The molecule has 2 aliphatic rings. The molecule has 0 nitrogen and oxygen atoms in total. The molecule has 0 N–H and O–H groups in total. The molecular weight excluding hydrogens is 403 g/mol. The lowest BCUT2D eigenvalue weighted by Gasteiger charge is -2.29. The summed E-state index contributed by atoms with van der Waals surface area (Å²) < 4.78 is 13.8. The molecule has 2 atom stereocenters. The Kier molecular flexibility index (Phi) is 4.80. The molecule has 0 bridgehead atoms. The van der Waals surface area contributed by atoms with Crippen LogP contribution in [-0.2, 0) is 6.42 Å². The summed E-state index contributed by atoms with van der Waals surface area (Å²) in [6, 6.07) is 29.2. The summed E-state index contributed by atoms with van der Waals surface area (Å²) in [7, 11) is 0. The average molecular weight is 431 g/mol. The summed E-state index contributed by atoms with van der Waals surface area (Å²) in [6.07, 6.45) is 4.59. The zero-order valence-electron chi connectivity index (χ0n) is 19.1. The van der Waals surface area contributed by atoms with Gasteiger partial charge in [-0.05, 0) is 92.1 Å². The number of hydrogen-bond donors (Lipinski definition) is 0. The molecule has 0 saturated heterocycles. The van der Waals surface area contributed by atoms with Crippen LogP contribution >= 0.6 is 0 Å². The van der Waals surface area contributed by atoms with Crippen LogP contribution in [0.4, 0.5) is 4.39 Å². The van der Waals surface area contributed by atoms with Crippen molar-refractivity contribution in [1.29, 1.82) is 0 Å². The first kappa shape index (κ1) is 20.2. The van der Waals surface area contributed by atoms with Crippen LogP contribution in [0, 0.1) is 29.1 Å². The number of aryl methyl sites for hydroxylation is 1. The molecular formula is C32H27F. The molecule has 0 saturated carbocycles. The molecule has 6 rings (SSSR count). The third-order valence-corrected chi connectivity index (χ3v) is 7.54. The fourth-order valence-corrected chi connectivity index (χ4v) is 5.92. The number of rotatable bonds is 2. The van der Waals surface area contributed by atoms with E-state index in [4.69, 9.17) is 0 Å². The number of benzene rings is 4. The van der Waals surface area contributed by atoms with Gasteiger partial charge in [-0.3, -0.25) is 0 Å². The highest BCUT2D eigenvalue weighted by atomic mass is 19.1. The Morgan fingerprint density at radius 1 is 0.758 bits per heavy atom. The third-order valence-electron chi connectivity index (χ3n) is 7.54. The van der Waals surface area contributed by atoms with Crippen LogP contribution in [0.5, 0.6) is 0 Å². The van der Waals surface area contributed by atoms with Gasteiger partial charge in [0.2, 0.25) is 0 Å². The zero-order valence-corrected chi connectivity index (χ0v) is 19.1. The molecule has 0 aromatic heterocycles. The first-order valence-electron chi connectivity index (χ1n) is 11.9. The smallest absolute Gasteiger partial charge is 0.123 e. The number of hydrogen-bond acceptors (Lipinski definition) is 0. The van der Waals surface area contributed by atoms with Crippen molar-refractivity contribution in [3.63, 3.8) is 0 Å². The molecule has 33 heavy (non-hydrogen) atoms. The van der Waals surface area contributed by atoms with E-state index >= 15 is 0 Å². The molecule has 0 radical (unpaired) electrons. The third kappa shape index (κ3) is 3.26. The molecule has 0 aliphatic heterocycles. The highest BCUT2D eigenvalue weighted by Gasteiger charge is 2.26. The monoisotopic (exact) mass is 430 g/mol. The zero-order chi connectivity index (χ0) is 22.5. The molecule has 4 aromatic rings. The summed E-state index contributed by atoms with van der Waals surface area (Å²) in [5, 5.41) is 5.26. The summed E-state index contributed by atoms with van der Waals surface area (Å²) in [6.45, 7) is 4.58. The fourth-order valence-electron chi connectivity index (χ4n) is 5.92. The topological polar surface area (TPSA) is 0 Å². The second-order valence-corrected chi connectivity index (χ2v) is 9.50. The Labute approximate surface area is 194 Å². The Balaban J connectivity index is 1.75. The minimum atomic E-state index is -0.186.